The highest BCUT2D eigenvalue weighted by Crippen LogP contribution is 2.17. The summed E-state index contributed by atoms with van der Waals surface area (Å²) in [7, 11) is 0. The van der Waals surface area contributed by atoms with Gasteiger partial charge >= 0.3 is 0 Å². The average Bonchev–Trinajstić information content (AvgIpc) is 3.25. The Morgan fingerprint density at radius 1 is 0.810 bits per heavy atom. The first-order chi connectivity index (χ1) is 10.4. The van der Waals surface area contributed by atoms with Gasteiger partial charge in [0.05, 0.1) is 0 Å². The van der Waals surface area contributed by atoms with E-state index in [1.165, 1.54) is 0 Å². The fourth-order valence-electron chi connectivity index (χ4n) is 1.61. The summed E-state index contributed by atoms with van der Waals surface area (Å²) in [6.07, 6.45) is 1.90. The molecule has 3 rings (SSSR count). The summed E-state index contributed by atoms with van der Waals surface area (Å²) in [5.41, 5.74) is 4.19. The van der Waals surface area contributed by atoms with Crippen molar-refractivity contribution in [2.24, 2.45) is 0 Å². The molecule has 0 fully saturated rings. The Hall–Kier alpha value is -2.04. The van der Waals surface area contributed by atoms with Crippen molar-refractivity contribution in [1.82, 2.24) is 0 Å². The summed E-state index contributed by atoms with van der Waals surface area (Å²) in [5, 5.41) is 12.3. The van der Waals surface area contributed by atoms with E-state index in [2.05, 4.69) is 45.9 Å². The third-order valence-corrected chi connectivity index (χ3v) is 4.70. The molecule has 0 bridgehead atoms. The second-order valence-electron chi connectivity index (χ2n) is 4.11. The minimum atomic E-state index is 0.963. The van der Waals surface area contributed by atoms with E-state index in [-0.39, 0.29) is 0 Å². The molecular formula is C18H10S3. The van der Waals surface area contributed by atoms with E-state index in [4.69, 9.17) is 0 Å². The highest BCUT2D eigenvalue weighted by molar-refractivity contribution is 7.08. The average molecular weight is 322 g/mol. The molecule has 0 nitrogen and oxygen atoms in total. The molecule has 0 atom stereocenters. The highest BCUT2D eigenvalue weighted by atomic mass is 32.1. The normalized spacial score (nSPS) is 10.4. The van der Waals surface area contributed by atoms with Crippen LogP contribution in [0.25, 0.3) is 5.57 Å². The SMILES string of the molecule is C(#Cc1ccsc1)/C=C(/C#Cc1ccsc1)c1ccsc1. The molecule has 0 N–H and O–H groups in total. The minimum absolute atomic E-state index is 0.963. The van der Waals surface area contributed by atoms with Crippen LogP contribution in [0.5, 0.6) is 0 Å². The molecule has 0 aromatic carbocycles. The van der Waals surface area contributed by atoms with Crippen molar-refractivity contribution in [3.63, 3.8) is 0 Å². The lowest BCUT2D eigenvalue weighted by Gasteiger charge is -1.92. The van der Waals surface area contributed by atoms with E-state index in [0.717, 1.165) is 22.3 Å². The van der Waals surface area contributed by atoms with Gasteiger partial charge in [0.15, 0.2) is 0 Å². The van der Waals surface area contributed by atoms with Crippen LogP contribution in [0, 0.1) is 23.7 Å². The molecule has 3 heteroatoms. The number of thiophene rings is 3. The first kappa shape index (κ1) is 13.9. The fourth-order valence-corrected chi connectivity index (χ4v) is 3.44. The predicted octanol–water partition coefficient (Wildman–Crippen LogP) is 5.36. The third kappa shape index (κ3) is 3.97. The molecule has 0 aliphatic heterocycles. The van der Waals surface area contributed by atoms with Crippen molar-refractivity contribution in [2.45, 2.75) is 0 Å². The summed E-state index contributed by atoms with van der Waals surface area (Å²) < 4.78 is 0. The Morgan fingerprint density at radius 3 is 2.10 bits per heavy atom. The van der Waals surface area contributed by atoms with Crippen molar-refractivity contribution in [3.8, 4) is 23.7 Å². The van der Waals surface area contributed by atoms with Crippen molar-refractivity contribution in [1.29, 1.82) is 0 Å². The summed E-state index contributed by atoms with van der Waals surface area (Å²) in [4.78, 5) is 0. The summed E-state index contributed by atoms with van der Waals surface area (Å²) in [6, 6.07) is 6.12. The Morgan fingerprint density at radius 2 is 1.48 bits per heavy atom. The van der Waals surface area contributed by atoms with Gasteiger partial charge in [-0.2, -0.15) is 34.0 Å². The van der Waals surface area contributed by atoms with E-state index >= 15 is 0 Å². The topological polar surface area (TPSA) is 0 Å². The van der Waals surface area contributed by atoms with E-state index in [9.17, 15) is 0 Å². The standard InChI is InChI=1S/C18H10S3/c1(2-15-6-9-19-12-15)3-17(18-8-11-21-14-18)5-4-16-7-10-20-13-16/h3,6-14H/b17-3-. The van der Waals surface area contributed by atoms with E-state index in [1.807, 2.05) is 34.3 Å². The first-order valence-electron chi connectivity index (χ1n) is 6.22. The molecule has 100 valence electrons. The van der Waals surface area contributed by atoms with E-state index in [1.54, 1.807) is 34.0 Å². The molecule has 0 saturated heterocycles. The number of allylic oxidation sites excluding steroid dienone is 2. The van der Waals surface area contributed by atoms with E-state index < -0.39 is 0 Å². The van der Waals surface area contributed by atoms with Crippen molar-refractivity contribution in [3.05, 3.63) is 73.2 Å². The van der Waals surface area contributed by atoms with Gasteiger partial charge in [0, 0.05) is 39.1 Å². The Labute approximate surface area is 136 Å². The zero-order chi connectivity index (χ0) is 14.3. The van der Waals surface area contributed by atoms with Gasteiger partial charge in [0.25, 0.3) is 0 Å². The Balaban J connectivity index is 1.90. The monoisotopic (exact) mass is 322 g/mol. The minimum Gasteiger partial charge on any atom is -0.152 e. The maximum atomic E-state index is 3.23. The van der Waals surface area contributed by atoms with Gasteiger partial charge in [-0.05, 0) is 39.7 Å². The lowest BCUT2D eigenvalue weighted by atomic mass is 10.1. The summed E-state index contributed by atoms with van der Waals surface area (Å²) in [5.74, 6) is 12.7. The molecule has 3 aromatic heterocycles. The number of hydrogen-bond acceptors (Lipinski definition) is 3. The summed E-state index contributed by atoms with van der Waals surface area (Å²) in [6.45, 7) is 0. The molecule has 0 unspecified atom stereocenters. The second kappa shape index (κ2) is 7.11. The molecule has 0 spiro atoms. The molecule has 0 saturated carbocycles. The van der Waals surface area contributed by atoms with Crippen LogP contribution in [0.2, 0.25) is 0 Å². The molecular weight excluding hydrogens is 312 g/mol. The van der Waals surface area contributed by atoms with Gasteiger partial charge in [0.2, 0.25) is 0 Å². The second-order valence-corrected chi connectivity index (χ2v) is 6.45. The van der Waals surface area contributed by atoms with E-state index in [0.29, 0.717) is 0 Å². The van der Waals surface area contributed by atoms with Gasteiger partial charge in [-0.15, -0.1) is 0 Å². The van der Waals surface area contributed by atoms with Crippen LogP contribution in [0.1, 0.15) is 16.7 Å². The molecule has 3 aromatic rings. The van der Waals surface area contributed by atoms with Gasteiger partial charge in [-0.25, -0.2) is 0 Å². The maximum Gasteiger partial charge on any atom is 0.0413 e. The van der Waals surface area contributed by atoms with Crippen molar-refractivity contribution < 1.29 is 0 Å². The lowest BCUT2D eigenvalue weighted by Crippen LogP contribution is -1.77. The fraction of sp³-hybridized carbons (Fsp3) is 0. The zero-order valence-corrected chi connectivity index (χ0v) is 13.4. The smallest absolute Gasteiger partial charge is 0.0413 e. The molecule has 0 amide bonds. The van der Waals surface area contributed by atoms with Gasteiger partial charge in [-0.1, -0.05) is 23.7 Å². The Kier molecular flexibility index (Phi) is 4.71. The highest BCUT2D eigenvalue weighted by Gasteiger charge is 1.97. The molecule has 0 radical (unpaired) electrons. The molecule has 21 heavy (non-hydrogen) atoms. The third-order valence-electron chi connectivity index (χ3n) is 2.65. The lowest BCUT2D eigenvalue weighted by molar-refractivity contribution is 1.79. The van der Waals surface area contributed by atoms with Crippen molar-refractivity contribution in [2.75, 3.05) is 0 Å². The van der Waals surface area contributed by atoms with Gasteiger partial charge < -0.3 is 0 Å². The van der Waals surface area contributed by atoms with Gasteiger partial charge in [0.1, 0.15) is 0 Å². The van der Waals surface area contributed by atoms with Crippen LogP contribution in [0.4, 0.5) is 0 Å². The van der Waals surface area contributed by atoms with Crippen LogP contribution in [-0.4, -0.2) is 0 Å². The molecule has 0 aliphatic carbocycles. The largest absolute Gasteiger partial charge is 0.152 e. The summed E-state index contributed by atoms with van der Waals surface area (Å²) >= 11 is 4.98. The predicted molar refractivity (Wildman–Crippen MR) is 94.7 cm³/mol. The number of rotatable bonds is 1. The van der Waals surface area contributed by atoms with Crippen LogP contribution >= 0.6 is 34.0 Å². The molecule has 0 aliphatic rings. The van der Waals surface area contributed by atoms with Crippen LogP contribution in [0.15, 0.2) is 56.6 Å². The van der Waals surface area contributed by atoms with Gasteiger partial charge in [-0.3, -0.25) is 0 Å². The molecule has 3 heterocycles. The maximum absolute atomic E-state index is 3.23. The van der Waals surface area contributed by atoms with Crippen molar-refractivity contribution >= 4 is 39.6 Å². The number of hydrogen-bond donors (Lipinski definition) is 0. The van der Waals surface area contributed by atoms with Crippen LogP contribution < -0.4 is 0 Å². The first-order valence-corrected chi connectivity index (χ1v) is 9.05. The zero-order valence-electron chi connectivity index (χ0n) is 11.0. The van der Waals surface area contributed by atoms with Crippen LogP contribution in [-0.2, 0) is 0 Å². The quantitative estimate of drug-likeness (QED) is 0.529. The van der Waals surface area contributed by atoms with Crippen LogP contribution in [0.3, 0.4) is 0 Å². The Bertz CT molecular complexity index is 825.